The topological polar surface area (TPSA) is 46.2 Å². The Morgan fingerprint density at radius 2 is 1.74 bits per heavy atom. The maximum Gasteiger partial charge on any atom is 0.240 e. The van der Waals surface area contributed by atoms with Gasteiger partial charge in [0.2, 0.25) is 10.0 Å². The molecule has 0 aliphatic carbocycles. The van der Waals surface area contributed by atoms with E-state index < -0.39 is 10.0 Å². The van der Waals surface area contributed by atoms with E-state index in [1.807, 2.05) is 0 Å². The average Bonchev–Trinajstić information content (AvgIpc) is 2.40. The molecule has 0 heterocycles. The Morgan fingerprint density at radius 3 is 2.42 bits per heavy atom. The van der Waals surface area contributed by atoms with Gasteiger partial charge in [-0.15, -0.1) is 0 Å². The van der Waals surface area contributed by atoms with E-state index in [0.29, 0.717) is 6.42 Å². The van der Waals surface area contributed by atoms with Gasteiger partial charge in [-0.3, -0.25) is 0 Å². The fourth-order valence-electron chi connectivity index (χ4n) is 1.71. The minimum atomic E-state index is -3.48. The summed E-state index contributed by atoms with van der Waals surface area (Å²) < 4.78 is 39.3. The summed E-state index contributed by atoms with van der Waals surface area (Å²) in [5, 5.41) is 0. The van der Waals surface area contributed by atoms with Crippen LogP contribution in [-0.4, -0.2) is 15.0 Å². The molecule has 0 amide bonds. The molecular weight excluding hydrogens is 265 g/mol. The monoisotopic (exact) mass is 279 g/mol. The molecule has 0 fully saturated rings. The summed E-state index contributed by atoms with van der Waals surface area (Å²) in [5.41, 5.74) is 0.760. The van der Waals surface area contributed by atoms with Crippen LogP contribution in [0.15, 0.2) is 59.5 Å². The van der Waals surface area contributed by atoms with Crippen LogP contribution in [0.25, 0.3) is 0 Å². The standard InChI is InChI=1S/C14H14FNO2S/c15-13-6-4-5-12(11-13)9-10-16-19(17,18)14-7-2-1-3-8-14/h1-8,11,16H,9-10H2. The number of hydrogen-bond acceptors (Lipinski definition) is 2. The lowest BCUT2D eigenvalue weighted by Gasteiger charge is -2.06. The first kappa shape index (κ1) is 13.7. The molecule has 2 rings (SSSR count). The van der Waals surface area contributed by atoms with Crippen molar-refractivity contribution in [2.24, 2.45) is 0 Å². The lowest BCUT2D eigenvalue weighted by Crippen LogP contribution is -2.25. The number of sulfonamides is 1. The maximum atomic E-state index is 13.0. The lowest BCUT2D eigenvalue weighted by atomic mass is 10.1. The molecule has 3 nitrogen and oxygen atoms in total. The summed E-state index contributed by atoms with van der Waals surface area (Å²) in [6.45, 7) is 0.237. The molecule has 0 aromatic heterocycles. The Hall–Kier alpha value is -1.72. The summed E-state index contributed by atoms with van der Waals surface area (Å²) in [6, 6.07) is 14.3. The molecule has 0 radical (unpaired) electrons. The first-order chi connectivity index (χ1) is 9.08. The fraction of sp³-hybridized carbons (Fsp3) is 0.143. The second-order valence-corrected chi connectivity index (χ2v) is 5.86. The van der Waals surface area contributed by atoms with Gasteiger partial charge in [-0.25, -0.2) is 17.5 Å². The predicted molar refractivity (Wildman–Crippen MR) is 71.7 cm³/mol. The number of rotatable bonds is 5. The van der Waals surface area contributed by atoms with Crippen LogP contribution in [-0.2, 0) is 16.4 Å². The molecule has 2 aromatic rings. The lowest BCUT2D eigenvalue weighted by molar-refractivity contribution is 0.581. The molecule has 0 aliphatic heterocycles. The Morgan fingerprint density at radius 1 is 1.00 bits per heavy atom. The Kier molecular flexibility index (Phi) is 4.29. The van der Waals surface area contributed by atoms with Crippen molar-refractivity contribution in [1.82, 2.24) is 4.72 Å². The van der Waals surface area contributed by atoms with E-state index in [2.05, 4.69) is 4.72 Å². The number of halogens is 1. The summed E-state index contributed by atoms with van der Waals surface area (Å²) >= 11 is 0. The zero-order valence-electron chi connectivity index (χ0n) is 10.2. The van der Waals surface area contributed by atoms with Crippen LogP contribution in [0, 0.1) is 5.82 Å². The zero-order valence-corrected chi connectivity index (χ0v) is 11.0. The molecular formula is C14H14FNO2S. The highest BCUT2D eigenvalue weighted by Crippen LogP contribution is 2.08. The second kappa shape index (κ2) is 5.95. The quantitative estimate of drug-likeness (QED) is 0.913. The minimum Gasteiger partial charge on any atom is -0.211 e. The minimum absolute atomic E-state index is 0.231. The van der Waals surface area contributed by atoms with E-state index in [0.717, 1.165) is 5.56 Å². The molecule has 0 aliphatic rings. The Labute approximate surface area is 112 Å². The van der Waals surface area contributed by atoms with E-state index in [1.165, 1.54) is 24.3 Å². The number of hydrogen-bond donors (Lipinski definition) is 1. The van der Waals surface area contributed by atoms with Crippen LogP contribution in [0.1, 0.15) is 5.56 Å². The third-order valence-corrected chi connectivity index (χ3v) is 4.13. The van der Waals surface area contributed by atoms with Crippen molar-refractivity contribution < 1.29 is 12.8 Å². The van der Waals surface area contributed by atoms with Crippen LogP contribution < -0.4 is 4.72 Å². The summed E-state index contributed by atoms with van der Waals surface area (Å²) in [6.07, 6.45) is 0.448. The molecule has 0 unspecified atom stereocenters. The smallest absolute Gasteiger partial charge is 0.211 e. The zero-order chi connectivity index (χ0) is 13.7. The highest BCUT2D eigenvalue weighted by molar-refractivity contribution is 7.89. The first-order valence-electron chi connectivity index (χ1n) is 5.87. The molecule has 1 N–H and O–H groups in total. The fourth-order valence-corrected chi connectivity index (χ4v) is 2.76. The van der Waals surface area contributed by atoms with Crippen molar-refractivity contribution in [1.29, 1.82) is 0 Å². The van der Waals surface area contributed by atoms with Crippen LogP contribution in [0.3, 0.4) is 0 Å². The third kappa shape index (κ3) is 3.87. The van der Waals surface area contributed by atoms with Gasteiger partial charge < -0.3 is 0 Å². The van der Waals surface area contributed by atoms with Crippen molar-refractivity contribution >= 4 is 10.0 Å². The van der Waals surface area contributed by atoms with Crippen molar-refractivity contribution in [3.63, 3.8) is 0 Å². The van der Waals surface area contributed by atoms with Gasteiger partial charge in [0.25, 0.3) is 0 Å². The van der Waals surface area contributed by atoms with E-state index in [4.69, 9.17) is 0 Å². The molecule has 0 spiro atoms. The molecule has 19 heavy (non-hydrogen) atoms. The van der Waals surface area contributed by atoms with Gasteiger partial charge in [-0.2, -0.15) is 0 Å². The van der Waals surface area contributed by atoms with Gasteiger partial charge in [0, 0.05) is 6.54 Å². The summed E-state index contributed by atoms with van der Waals surface area (Å²) in [5.74, 6) is -0.316. The SMILES string of the molecule is O=S(=O)(NCCc1cccc(F)c1)c1ccccc1. The van der Waals surface area contributed by atoms with Gasteiger partial charge in [0.05, 0.1) is 4.90 Å². The Balaban J connectivity index is 1.96. The van der Waals surface area contributed by atoms with Crippen LogP contribution >= 0.6 is 0 Å². The van der Waals surface area contributed by atoms with Gasteiger partial charge in [0.1, 0.15) is 5.82 Å². The summed E-state index contributed by atoms with van der Waals surface area (Å²) in [7, 11) is -3.48. The van der Waals surface area contributed by atoms with Gasteiger partial charge in [-0.1, -0.05) is 30.3 Å². The van der Waals surface area contributed by atoms with E-state index in [1.54, 1.807) is 30.3 Å². The van der Waals surface area contributed by atoms with Crippen LogP contribution in [0.2, 0.25) is 0 Å². The van der Waals surface area contributed by atoms with Gasteiger partial charge >= 0.3 is 0 Å². The Bertz CT molecular complexity index is 642. The van der Waals surface area contributed by atoms with Crippen molar-refractivity contribution in [2.45, 2.75) is 11.3 Å². The molecule has 100 valence electrons. The third-order valence-electron chi connectivity index (χ3n) is 2.65. The second-order valence-electron chi connectivity index (χ2n) is 4.09. The van der Waals surface area contributed by atoms with Gasteiger partial charge in [0.15, 0.2) is 0 Å². The number of nitrogens with one attached hydrogen (secondary N) is 1. The average molecular weight is 279 g/mol. The van der Waals surface area contributed by atoms with Crippen molar-refractivity contribution in [3.05, 3.63) is 66.0 Å². The largest absolute Gasteiger partial charge is 0.240 e. The number of benzene rings is 2. The summed E-state index contributed by atoms with van der Waals surface area (Å²) in [4.78, 5) is 0.231. The molecule has 2 aromatic carbocycles. The van der Waals surface area contributed by atoms with E-state index >= 15 is 0 Å². The highest BCUT2D eigenvalue weighted by Gasteiger charge is 2.12. The van der Waals surface area contributed by atoms with Gasteiger partial charge in [-0.05, 0) is 36.2 Å². The van der Waals surface area contributed by atoms with Crippen LogP contribution in [0.5, 0.6) is 0 Å². The maximum absolute atomic E-state index is 13.0. The van der Waals surface area contributed by atoms with Crippen LogP contribution in [0.4, 0.5) is 4.39 Å². The van der Waals surface area contributed by atoms with E-state index in [9.17, 15) is 12.8 Å². The van der Waals surface area contributed by atoms with Crippen molar-refractivity contribution in [3.8, 4) is 0 Å². The molecule has 0 saturated heterocycles. The highest BCUT2D eigenvalue weighted by atomic mass is 32.2. The predicted octanol–water partition coefficient (Wildman–Crippen LogP) is 2.35. The normalized spacial score (nSPS) is 11.4. The molecule has 0 bridgehead atoms. The van der Waals surface area contributed by atoms with E-state index in [-0.39, 0.29) is 17.3 Å². The molecule has 5 heteroatoms. The molecule has 0 atom stereocenters. The molecule has 0 saturated carbocycles. The first-order valence-corrected chi connectivity index (χ1v) is 7.35. The van der Waals surface area contributed by atoms with Crippen molar-refractivity contribution in [2.75, 3.05) is 6.54 Å².